The van der Waals surface area contributed by atoms with Crippen LogP contribution in [0.3, 0.4) is 0 Å². The first-order chi connectivity index (χ1) is 11.4. The van der Waals surface area contributed by atoms with Crippen LogP contribution in [0.25, 0.3) is 6.08 Å². The molecular formula is C19H18BrNO3. The van der Waals surface area contributed by atoms with Gasteiger partial charge in [-0.15, -0.1) is 0 Å². The van der Waals surface area contributed by atoms with Crippen molar-refractivity contribution in [2.45, 2.75) is 20.0 Å². The minimum Gasteiger partial charge on any atom is -0.449 e. The zero-order valence-electron chi connectivity index (χ0n) is 13.5. The van der Waals surface area contributed by atoms with Gasteiger partial charge in [-0.1, -0.05) is 45.8 Å². The van der Waals surface area contributed by atoms with Crippen LogP contribution in [0.1, 0.15) is 18.1 Å². The lowest BCUT2D eigenvalue weighted by Gasteiger charge is -2.12. The highest BCUT2D eigenvalue weighted by molar-refractivity contribution is 9.10. The molecule has 0 heterocycles. The summed E-state index contributed by atoms with van der Waals surface area (Å²) < 4.78 is 6.07. The molecule has 1 atom stereocenters. The minimum absolute atomic E-state index is 0.371. The lowest BCUT2D eigenvalue weighted by molar-refractivity contribution is -0.148. The standard InChI is InChI=1S/C19H18BrNO3/c1-13-3-10-17(11-4-13)21-19(23)14(2)24-18(22)12-7-15-5-8-16(20)9-6-15/h3-12,14H,1-2H3,(H,21,23)/b12-7+/t14-/m1/s1. The first kappa shape index (κ1) is 17.9. The number of hydrogen-bond acceptors (Lipinski definition) is 3. The van der Waals surface area contributed by atoms with Crippen molar-refractivity contribution in [3.8, 4) is 0 Å². The topological polar surface area (TPSA) is 55.4 Å². The summed E-state index contributed by atoms with van der Waals surface area (Å²) in [5.41, 5.74) is 2.64. The smallest absolute Gasteiger partial charge is 0.331 e. The number of carbonyl (C=O) groups excluding carboxylic acids is 2. The van der Waals surface area contributed by atoms with E-state index in [0.29, 0.717) is 5.69 Å². The molecule has 0 saturated carbocycles. The predicted octanol–water partition coefficient (Wildman–Crippen LogP) is 4.34. The van der Waals surface area contributed by atoms with E-state index in [0.717, 1.165) is 15.6 Å². The number of amides is 1. The van der Waals surface area contributed by atoms with Crippen molar-refractivity contribution in [1.82, 2.24) is 0 Å². The van der Waals surface area contributed by atoms with Gasteiger partial charge < -0.3 is 10.1 Å². The summed E-state index contributed by atoms with van der Waals surface area (Å²) in [4.78, 5) is 23.8. The van der Waals surface area contributed by atoms with Crippen LogP contribution >= 0.6 is 15.9 Å². The Labute approximate surface area is 149 Å². The van der Waals surface area contributed by atoms with Crippen molar-refractivity contribution in [2.75, 3.05) is 5.32 Å². The number of halogens is 1. The van der Waals surface area contributed by atoms with Gasteiger partial charge in [-0.2, -0.15) is 0 Å². The van der Waals surface area contributed by atoms with Gasteiger partial charge in [-0.3, -0.25) is 4.79 Å². The van der Waals surface area contributed by atoms with E-state index in [1.54, 1.807) is 18.2 Å². The molecule has 2 rings (SSSR count). The van der Waals surface area contributed by atoms with Crippen LogP contribution in [-0.2, 0) is 14.3 Å². The van der Waals surface area contributed by atoms with Gasteiger partial charge in [0.1, 0.15) is 0 Å². The molecule has 0 spiro atoms. The Hall–Kier alpha value is -2.40. The average molecular weight is 388 g/mol. The SMILES string of the molecule is Cc1ccc(NC(=O)[C@@H](C)OC(=O)/C=C/c2ccc(Br)cc2)cc1. The first-order valence-corrected chi connectivity index (χ1v) is 8.25. The largest absolute Gasteiger partial charge is 0.449 e. The molecule has 1 amide bonds. The fraction of sp³-hybridized carbons (Fsp3) is 0.158. The highest BCUT2D eigenvalue weighted by Gasteiger charge is 2.16. The van der Waals surface area contributed by atoms with Crippen molar-refractivity contribution in [2.24, 2.45) is 0 Å². The third-order valence-corrected chi connectivity index (χ3v) is 3.79. The maximum Gasteiger partial charge on any atom is 0.331 e. The maximum absolute atomic E-state index is 12.0. The highest BCUT2D eigenvalue weighted by atomic mass is 79.9. The molecular weight excluding hydrogens is 370 g/mol. The van der Waals surface area contributed by atoms with E-state index >= 15 is 0 Å². The molecule has 24 heavy (non-hydrogen) atoms. The van der Waals surface area contributed by atoms with Crippen LogP contribution in [0.2, 0.25) is 0 Å². The number of benzene rings is 2. The van der Waals surface area contributed by atoms with Gasteiger partial charge in [0.25, 0.3) is 5.91 Å². The Bertz CT molecular complexity index is 736. The van der Waals surface area contributed by atoms with Gasteiger partial charge in [0.2, 0.25) is 0 Å². The van der Waals surface area contributed by atoms with Gasteiger partial charge in [0, 0.05) is 16.2 Å². The van der Waals surface area contributed by atoms with E-state index in [4.69, 9.17) is 4.74 Å². The summed E-state index contributed by atoms with van der Waals surface area (Å²) in [6.45, 7) is 3.50. The number of ether oxygens (including phenoxy) is 1. The van der Waals surface area contributed by atoms with Gasteiger partial charge in [-0.05, 0) is 49.8 Å². The molecule has 0 aromatic heterocycles. The molecule has 0 unspecified atom stereocenters. The number of hydrogen-bond donors (Lipinski definition) is 1. The van der Waals surface area contributed by atoms with E-state index in [2.05, 4.69) is 21.2 Å². The third-order valence-electron chi connectivity index (χ3n) is 3.26. The number of rotatable bonds is 5. The van der Waals surface area contributed by atoms with Crippen molar-refractivity contribution in [3.05, 3.63) is 70.2 Å². The Morgan fingerprint density at radius 2 is 1.71 bits per heavy atom. The monoisotopic (exact) mass is 387 g/mol. The number of aryl methyl sites for hydroxylation is 1. The van der Waals surface area contributed by atoms with Crippen LogP contribution in [0.5, 0.6) is 0 Å². The number of carbonyl (C=O) groups is 2. The van der Waals surface area contributed by atoms with E-state index in [-0.39, 0.29) is 5.91 Å². The van der Waals surface area contributed by atoms with Gasteiger partial charge in [-0.25, -0.2) is 4.79 Å². The summed E-state index contributed by atoms with van der Waals surface area (Å²) in [6, 6.07) is 14.9. The molecule has 2 aromatic rings. The zero-order chi connectivity index (χ0) is 17.5. The maximum atomic E-state index is 12.0. The number of esters is 1. The highest BCUT2D eigenvalue weighted by Crippen LogP contribution is 2.12. The molecule has 0 fully saturated rings. The Morgan fingerprint density at radius 3 is 2.33 bits per heavy atom. The normalized spacial score (nSPS) is 12.0. The fourth-order valence-corrected chi connectivity index (χ4v) is 2.15. The zero-order valence-corrected chi connectivity index (χ0v) is 15.0. The average Bonchev–Trinajstić information content (AvgIpc) is 2.56. The molecule has 0 bridgehead atoms. The molecule has 0 saturated heterocycles. The molecule has 124 valence electrons. The molecule has 2 aromatic carbocycles. The molecule has 0 aliphatic heterocycles. The van der Waals surface area contributed by atoms with Gasteiger partial charge >= 0.3 is 5.97 Å². The summed E-state index contributed by atoms with van der Waals surface area (Å²) in [5.74, 6) is -0.936. The van der Waals surface area contributed by atoms with Crippen LogP contribution in [0.4, 0.5) is 5.69 Å². The lowest BCUT2D eigenvalue weighted by Crippen LogP contribution is -2.29. The summed E-state index contributed by atoms with van der Waals surface area (Å²) in [6.07, 6.45) is 2.06. The van der Waals surface area contributed by atoms with Gasteiger partial charge in [0.05, 0.1) is 0 Å². The predicted molar refractivity (Wildman–Crippen MR) is 98.5 cm³/mol. The van der Waals surface area contributed by atoms with Gasteiger partial charge in [0.15, 0.2) is 6.10 Å². The molecule has 0 radical (unpaired) electrons. The number of anilines is 1. The summed E-state index contributed by atoms with van der Waals surface area (Å²) in [7, 11) is 0. The van der Waals surface area contributed by atoms with E-state index in [1.807, 2.05) is 43.3 Å². The van der Waals surface area contributed by atoms with Crippen LogP contribution < -0.4 is 5.32 Å². The Balaban J connectivity index is 1.87. The van der Waals surface area contributed by atoms with Crippen molar-refractivity contribution in [1.29, 1.82) is 0 Å². The van der Waals surface area contributed by atoms with Crippen molar-refractivity contribution in [3.63, 3.8) is 0 Å². The minimum atomic E-state index is -0.881. The lowest BCUT2D eigenvalue weighted by atomic mass is 10.2. The Morgan fingerprint density at radius 1 is 1.08 bits per heavy atom. The second-order valence-electron chi connectivity index (χ2n) is 5.32. The van der Waals surface area contributed by atoms with Crippen molar-refractivity contribution >= 4 is 39.6 Å². The second-order valence-corrected chi connectivity index (χ2v) is 6.23. The third kappa shape index (κ3) is 5.66. The summed E-state index contributed by atoms with van der Waals surface area (Å²) >= 11 is 3.35. The quantitative estimate of drug-likeness (QED) is 0.613. The Kier molecular flexibility index (Phi) is 6.32. The molecule has 5 heteroatoms. The first-order valence-electron chi connectivity index (χ1n) is 7.46. The van der Waals surface area contributed by atoms with E-state index in [9.17, 15) is 9.59 Å². The molecule has 0 aliphatic rings. The van der Waals surface area contributed by atoms with Crippen LogP contribution in [0.15, 0.2) is 59.1 Å². The number of nitrogens with one attached hydrogen (secondary N) is 1. The van der Waals surface area contributed by atoms with Crippen LogP contribution in [-0.4, -0.2) is 18.0 Å². The van der Waals surface area contributed by atoms with E-state index in [1.165, 1.54) is 13.0 Å². The second kappa shape index (κ2) is 8.45. The molecule has 4 nitrogen and oxygen atoms in total. The molecule has 1 N–H and O–H groups in total. The van der Waals surface area contributed by atoms with E-state index < -0.39 is 12.1 Å². The summed E-state index contributed by atoms with van der Waals surface area (Å²) in [5, 5.41) is 2.71. The van der Waals surface area contributed by atoms with Crippen LogP contribution in [0, 0.1) is 6.92 Å². The molecule has 0 aliphatic carbocycles. The fourth-order valence-electron chi connectivity index (χ4n) is 1.89. The van der Waals surface area contributed by atoms with Crippen molar-refractivity contribution < 1.29 is 14.3 Å².